The van der Waals surface area contributed by atoms with Gasteiger partial charge in [-0.15, -0.1) is 0 Å². The van der Waals surface area contributed by atoms with Gasteiger partial charge in [0.1, 0.15) is 12.0 Å². The number of hydrogen-bond donors (Lipinski definition) is 2. The second-order valence-electron chi connectivity index (χ2n) is 8.41. The Morgan fingerprint density at radius 3 is 2.53 bits per heavy atom. The van der Waals surface area contributed by atoms with Crippen molar-refractivity contribution >= 4 is 17.3 Å². The fourth-order valence-electron chi connectivity index (χ4n) is 4.72. The van der Waals surface area contributed by atoms with Crippen molar-refractivity contribution in [2.45, 2.75) is 38.3 Å². The number of H-pyrrole nitrogens is 1. The first kappa shape index (κ1) is 19.2. The molecule has 156 valence electrons. The van der Waals surface area contributed by atoms with Gasteiger partial charge in [0.2, 0.25) is 0 Å². The number of phenols is 1. The van der Waals surface area contributed by atoms with Gasteiger partial charge in [0.15, 0.2) is 5.65 Å². The van der Waals surface area contributed by atoms with Crippen molar-refractivity contribution in [2.24, 2.45) is 0 Å². The highest BCUT2D eigenvalue weighted by Gasteiger charge is 2.32. The number of piperazine rings is 1. The van der Waals surface area contributed by atoms with Crippen LogP contribution in [-0.2, 0) is 4.79 Å². The number of nitrogens with zero attached hydrogens (tertiary/aromatic N) is 4. The van der Waals surface area contributed by atoms with Crippen LogP contribution in [0.15, 0.2) is 30.3 Å². The molecule has 7 heteroatoms. The van der Waals surface area contributed by atoms with Gasteiger partial charge in [-0.1, -0.05) is 6.42 Å². The Balaban J connectivity index is 1.50. The summed E-state index contributed by atoms with van der Waals surface area (Å²) < 4.78 is 0. The minimum Gasteiger partial charge on any atom is -0.508 e. The molecule has 2 N–H and O–H groups in total. The standard InChI is InChI=1S/C23H27N5O2/c1-15-22-19(21(14-29)28-11-9-27(10-12-28)17-3-2-4-17)13-20(24-23(22)26-25-15)16-5-7-18(30)8-6-16/h5-8,13-14,17,21,30H,2-4,9-12H2,1H3,(H,24,25,26). The van der Waals surface area contributed by atoms with Crippen LogP contribution in [0.2, 0.25) is 0 Å². The van der Waals surface area contributed by atoms with E-state index in [1.165, 1.54) is 19.3 Å². The first-order valence-electron chi connectivity index (χ1n) is 10.7. The molecule has 0 spiro atoms. The third kappa shape index (κ3) is 3.38. The zero-order valence-corrected chi connectivity index (χ0v) is 17.2. The van der Waals surface area contributed by atoms with E-state index in [2.05, 4.69) is 20.0 Å². The van der Waals surface area contributed by atoms with E-state index in [9.17, 15) is 9.90 Å². The number of rotatable bonds is 5. The number of fused-ring (bicyclic) bond motifs is 1. The third-order valence-electron chi connectivity index (χ3n) is 6.69. The quantitative estimate of drug-likeness (QED) is 0.635. The maximum Gasteiger partial charge on any atom is 0.156 e. The van der Waals surface area contributed by atoms with Gasteiger partial charge < -0.3 is 9.90 Å². The van der Waals surface area contributed by atoms with Crippen molar-refractivity contribution in [1.29, 1.82) is 0 Å². The number of benzene rings is 1. The molecule has 1 aliphatic carbocycles. The van der Waals surface area contributed by atoms with Gasteiger partial charge in [0.05, 0.1) is 17.4 Å². The third-order valence-corrected chi connectivity index (χ3v) is 6.69. The highest BCUT2D eigenvalue weighted by Crippen LogP contribution is 2.33. The van der Waals surface area contributed by atoms with Crippen LogP contribution in [0.25, 0.3) is 22.3 Å². The lowest BCUT2D eigenvalue weighted by Crippen LogP contribution is -2.53. The van der Waals surface area contributed by atoms with Crippen molar-refractivity contribution in [3.8, 4) is 17.0 Å². The fraction of sp³-hybridized carbons (Fsp3) is 0.435. The molecule has 0 bridgehead atoms. The van der Waals surface area contributed by atoms with Gasteiger partial charge in [-0.2, -0.15) is 5.10 Å². The lowest BCUT2D eigenvalue weighted by atomic mass is 9.91. The number of carbonyl (C=O) groups is 1. The summed E-state index contributed by atoms with van der Waals surface area (Å²) in [6, 6.07) is 9.40. The Labute approximate surface area is 175 Å². The fourth-order valence-corrected chi connectivity index (χ4v) is 4.72. The van der Waals surface area contributed by atoms with Crippen molar-refractivity contribution < 1.29 is 9.90 Å². The number of aldehydes is 1. The van der Waals surface area contributed by atoms with Crippen LogP contribution in [0.3, 0.4) is 0 Å². The summed E-state index contributed by atoms with van der Waals surface area (Å²) in [6.07, 6.45) is 5.02. The van der Waals surface area contributed by atoms with Gasteiger partial charge in [0, 0.05) is 43.2 Å². The minimum absolute atomic E-state index is 0.215. The normalized spacial score (nSPS) is 19.6. The first-order chi connectivity index (χ1) is 14.6. The van der Waals surface area contributed by atoms with E-state index < -0.39 is 0 Å². The molecule has 2 aromatic heterocycles. The molecule has 1 saturated carbocycles. The molecule has 2 fully saturated rings. The maximum absolute atomic E-state index is 12.3. The van der Waals surface area contributed by atoms with E-state index in [1.54, 1.807) is 12.1 Å². The molecule has 1 unspecified atom stereocenters. The smallest absolute Gasteiger partial charge is 0.156 e. The number of aromatic amines is 1. The summed E-state index contributed by atoms with van der Waals surface area (Å²) in [6.45, 7) is 5.74. The predicted molar refractivity (Wildman–Crippen MR) is 115 cm³/mol. The summed E-state index contributed by atoms with van der Waals surface area (Å²) >= 11 is 0. The average molecular weight is 406 g/mol. The van der Waals surface area contributed by atoms with E-state index in [-0.39, 0.29) is 11.8 Å². The molecule has 5 rings (SSSR count). The zero-order chi connectivity index (χ0) is 20.7. The summed E-state index contributed by atoms with van der Waals surface area (Å²) in [5.74, 6) is 0.215. The van der Waals surface area contributed by atoms with Crippen molar-refractivity contribution in [3.63, 3.8) is 0 Å². The number of phenolic OH excluding ortho intramolecular Hbond substituents is 1. The molecular weight excluding hydrogens is 378 g/mol. The predicted octanol–water partition coefficient (Wildman–Crippen LogP) is 3.05. The van der Waals surface area contributed by atoms with Crippen molar-refractivity contribution in [2.75, 3.05) is 26.2 Å². The van der Waals surface area contributed by atoms with E-state index in [1.807, 2.05) is 25.1 Å². The van der Waals surface area contributed by atoms with Crippen LogP contribution in [-0.4, -0.2) is 68.6 Å². The van der Waals surface area contributed by atoms with Gasteiger partial charge in [0.25, 0.3) is 0 Å². The summed E-state index contributed by atoms with van der Waals surface area (Å²) in [4.78, 5) is 21.9. The van der Waals surface area contributed by atoms with Crippen LogP contribution in [0.4, 0.5) is 0 Å². The Bertz CT molecular complexity index is 1050. The summed E-state index contributed by atoms with van der Waals surface area (Å²) in [5.41, 5.74) is 4.14. The average Bonchev–Trinajstić information content (AvgIpc) is 3.10. The van der Waals surface area contributed by atoms with E-state index in [0.29, 0.717) is 5.65 Å². The Morgan fingerprint density at radius 2 is 1.90 bits per heavy atom. The molecule has 30 heavy (non-hydrogen) atoms. The van der Waals surface area contributed by atoms with Gasteiger partial charge >= 0.3 is 0 Å². The highest BCUT2D eigenvalue weighted by atomic mass is 16.3. The molecule has 1 saturated heterocycles. The van der Waals surface area contributed by atoms with E-state index >= 15 is 0 Å². The lowest BCUT2D eigenvalue weighted by molar-refractivity contribution is -0.113. The van der Waals surface area contributed by atoms with Crippen LogP contribution in [0.5, 0.6) is 5.75 Å². The van der Waals surface area contributed by atoms with E-state index in [0.717, 1.165) is 66.4 Å². The number of pyridine rings is 1. The number of hydrogen-bond acceptors (Lipinski definition) is 6. The highest BCUT2D eigenvalue weighted by molar-refractivity contribution is 5.88. The molecule has 1 aromatic carbocycles. The Hall–Kier alpha value is -2.77. The van der Waals surface area contributed by atoms with Crippen LogP contribution < -0.4 is 0 Å². The molecule has 3 aromatic rings. The maximum atomic E-state index is 12.3. The molecular formula is C23H27N5O2. The molecule has 1 aliphatic heterocycles. The largest absolute Gasteiger partial charge is 0.508 e. The Morgan fingerprint density at radius 1 is 1.17 bits per heavy atom. The number of aromatic nitrogens is 3. The molecule has 7 nitrogen and oxygen atoms in total. The SMILES string of the molecule is Cc1n[nH]c2nc(-c3ccc(O)cc3)cc(C(C=O)N3CCN(C4CCC4)CC3)c12. The first-order valence-corrected chi connectivity index (χ1v) is 10.7. The second-order valence-corrected chi connectivity index (χ2v) is 8.41. The van der Waals surface area contributed by atoms with Crippen molar-refractivity contribution in [1.82, 2.24) is 25.0 Å². The second kappa shape index (κ2) is 7.81. The van der Waals surface area contributed by atoms with Gasteiger partial charge in [-0.3, -0.25) is 14.9 Å². The van der Waals surface area contributed by atoms with Crippen LogP contribution in [0, 0.1) is 6.92 Å². The molecule has 2 aliphatic rings. The number of aryl methyl sites for hydroxylation is 1. The number of aromatic hydroxyl groups is 1. The molecule has 0 radical (unpaired) electrons. The van der Waals surface area contributed by atoms with E-state index in [4.69, 9.17) is 4.98 Å². The molecule has 3 heterocycles. The molecule has 1 atom stereocenters. The monoisotopic (exact) mass is 405 g/mol. The van der Waals surface area contributed by atoms with Crippen LogP contribution >= 0.6 is 0 Å². The zero-order valence-electron chi connectivity index (χ0n) is 17.2. The topological polar surface area (TPSA) is 85.3 Å². The minimum atomic E-state index is -0.328. The lowest BCUT2D eigenvalue weighted by Gasteiger charge is -2.44. The van der Waals surface area contributed by atoms with Crippen LogP contribution in [0.1, 0.15) is 36.6 Å². The summed E-state index contributed by atoms with van der Waals surface area (Å²) in [7, 11) is 0. The Kier molecular flexibility index (Phi) is 5.00. The summed E-state index contributed by atoms with van der Waals surface area (Å²) in [5, 5.41) is 17.9. The number of nitrogens with one attached hydrogen (secondary N) is 1. The number of carbonyl (C=O) groups excluding carboxylic acids is 1. The van der Waals surface area contributed by atoms with Crippen molar-refractivity contribution in [3.05, 3.63) is 41.6 Å². The van der Waals surface area contributed by atoms with Gasteiger partial charge in [-0.25, -0.2) is 4.98 Å². The van der Waals surface area contributed by atoms with Gasteiger partial charge in [-0.05, 0) is 55.7 Å². The molecule has 0 amide bonds.